The second-order valence-electron chi connectivity index (χ2n) is 6.66. The molecule has 0 aromatic heterocycles. The first kappa shape index (κ1) is 17.0. The number of benzene rings is 1. The van der Waals surface area contributed by atoms with Gasteiger partial charge in [0.1, 0.15) is 0 Å². The molecule has 1 fully saturated rings. The molecule has 0 radical (unpaired) electrons. The summed E-state index contributed by atoms with van der Waals surface area (Å²) in [5, 5.41) is 3.19. The molecule has 0 unspecified atom stereocenters. The van der Waals surface area contributed by atoms with E-state index in [9.17, 15) is 4.79 Å². The molecule has 1 aliphatic heterocycles. The van der Waals surface area contributed by atoms with Crippen molar-refractivity contribution in [1.82, 2.24) is 4.90 Å². The number of hydrogen-bond acceptors (Lipinski definition) is 2. The lowest BCUT2D eigenvalue weighted by Gasteiger charge is -2.24. The van der Waals surface area contributed by atoms with Crippen LogP contribution in [0.5, 0.6) is 0 Å². The number of carbonyl (C=O) groups excluding carboxylic acids is 1. The molecule has 2 rings (SSSR count). The molecule has 1 aromatic carbocycles. The zero-order valence-electron chi connectivity index (χ0n) is 14.5. The Labute approximate surface area is 135 Å². The monoisotopic (exact) mass is 302 g/mol. The number of hydrogen-bond donors (Lipinski definition) is 1. The summed E-state index contributed by atoms with van der Waals surface area (Å²) in [6.07, 6.45) is 5.80. The molecular weight excluding hydrogens is 272 g/mol. The third-order valence-corrected chi connectivity index (χ3v) is 4.64. The van der Waals surface area contributed by atoms with Gasteiger partial charge >= 0.3 is 0 Å². The van der Waals surface area contributed by atoms with Crippen molar-refractivity contribution in [2.75, 3.05) is 18.4 Å². The van der Waals surface area contributed by atoms with Gasteiger partial charge in [-0.15, -0.1) is 0 Å². The number of rotatable bonds is 6. The number of unbranched alkanes of at least 4 members (excludes halogenated alkanes) is 2. The highest BCUT2D eigenvalue weighted by molar-refractivity contribution is 5.96. The van der Waals surface area contributed by atoms with E-state index >= 15 is 0 Å². The molecule has 0 saturated carbocycles. The van der Waals surface area contributed by atoms with Gasteiger partial charge in [0.05, 0.1) is 6.04 Å². The number of nitrogens with one attached hydrogen (secondary N) is 1. The van der Waals surface area contributed by atoms with Crippen LogP contribution in [0.3, 0.4) is 0 Å². The molecule has 0 spiro atoms. The summed E-state index contributed by atoms with van der Waals surface area (Å²) in [6.45, 7) is 10.6. The second-order valence-corrected chi connectivity index (χ2v) is 6.66. The van der Waals surface area contributed by atoms with Crippen LogP contribution in [0.15, 0.2) is 12.1 Å². The van der Waals surface area contributed by atoms with Crippen LogP contribution in [-0.4, -0.2) is 29.9 Å². The minimum absolute atomic E-state index is 0.0527. The van der Waals surface area contributed by atoms with Crippen molar-refractivity contribution in [1.29, 1.82) is 0 Å². The van der Waals surface area contributed by atoms with E-state index in [1.165, 1.54) is 24.8 Å². The van der Waals surface area contributed by atoms with E-state index in [0.717, 1.165) is 42.7 Å². The summed E-state index contributed by atoms with van der Waals surface area (Å²) in [6, 6.07) is 4.32. The lowest BCUT2D eigenvalue weighted by Crippen LogP contribution is -2.40. The van der Waals surface area contributed by atoms with Gasteiger partial charge in [-0.05, 0) is 64.3 Å². The number of likely N-dealkylation sites (tertiary alicyclic amines) is 1. The van der Waals surface area contributed by atoms with Gasteiger partial charge in [-0.25, -0.2) is 0 Å². The SMILES string of the molecule is CCCCCN1CCC[C@H]1C(=O)Nc1c(C)cc(C)cc1C. The maximum Gasteiger partial charge on any atom is 0.241 e. The number of nitrogens with zero attached hydrogens (tertiary/aromatic N) is 1. The van der Waals surface area contributed by atoms with Gasteiger partial charge in [0.25, 0.3) is 0 Å². The van der Waals surface area contributed by atoms with Gasteiger partial charge in [-0.2, -0.15) is 0 Å². The van der Waals surface area contributed by atoms with Gasteiger partial charge in [0.15, 0.2) is 0 Å². The highest BCUT2D eigenvalue weighted by Crippen LogP contribution is 2.24. The van der Waals surface area contributed by atoms with E-state index in [2.05, 4.69) is 50.0 Å². The molecule has 1 atom stereocenters. The fourth-order valence-corrected chi connectivity index (χ4v) is 3.54. The summed E-state index contributed by atoms with van der Waals surface area (Å²) in [5.41, 5.74) is 4.55. The van der Waals surface area contributed by atoms with Crippen molar-refractivity contribution in [3.8, 4) is 0 Å². The molecular formula is C19H30N2O. The van der Waals surface area contributed by atoms with E-state index in [-0.39, 0.29) is 11.9 Å². The fourth-order valence-electron chi connectivity index (χ4n) is 3.54. The zero-order valence-corrected chi connectivity index (χ0v) is 14.5. The molecule has 1 N–H and O–H groups in total. The van der Waals surface area contributed by atoms with E-state index in [4.69, 9.17) is 0 Å². The maximum atomic E-state index is 12.7. The highest BCUT2D eigenvalue weighted by atomic mass is 16.2. The molecule has 1 aliphatic rings. The molecule has 1 amide bonds. The van der Waals surface area contributed by atoms with Crippen molar-refractivity contribution in [2.24, 2.45) is 0 Å². The first-order chi connectivity index (χ1) is 10.5. The number of anilines is 1. The van der Waals surface area contributed by atoms with Gasteiger partial charge in [0.2, 0.25) is 5.91 Å². The molecule has 0 aliphatic carbocycles. The Kier molecular flexibility index (Phi) is 6.01. The third-order valence-electron chi connectivity index (χ3n) is 4.64. The normalized spacial score (nSPS) is 18.6. The van der Waals surface area contributed by atoms with Gasteiger partial charge < -0.3 is 5.32 Å². The van der Waals surface area contributed by atoms with Crippen molar-refractivity contribution in [3.63, 3.8) is 0 Å². The molecule has 122 valence electrons. The summed E-state index contributed by atoms with van der Waals surface area (Å²) in [4.78, 5) is 15.1. The van der Waals surface area contributed by atoms with Crippen molar-refractivity contribution >= 4 is 11.6 Å². The molecule has 3 nitrogen and oxygen atoms in total. The molecule has 0 bridgehead atoms. The van der Waals surface area contributed by atoms with Crippen LogP contribution in [0, 0.1) is 20.8 Å². The first-order valence-corrected chi connectivity index (χ1v) is 8.65. The smallest absolute Gasteiger partial charge is 0.241 e. The van der Waals surface area contributed by atoms with Crippen molar-refractivity contribution < 1.29 is 4.79 Å². The zero-order chi connectivity index (χ0) is 16.1. The van der Waals surface area contributed by atoms with Crippen LogP contribution < -0.4 is 5.32 Å². The lowest BCUT2D eigenvalue weighted by atomic mass is 10.0. The minimum Gasteiger partial charge on any atom is -0.324 e. The van der Waals surface area contributed by atoms with E-state index in [0.29, 0.717) is 0 Å². The Balaban J connectivity index is 2.02. The van der Waals surface area contributed by atoms with E-state index < -0.39 is 0 Å². The van der Waals surface area contributed by atoms with Crippen LogP contribution in [0.25, 0.3) is 0 Å². The van der Waals surface area contributed by atoms with Crippen LogP contribution in [0.4, 0.5) is 5.69 Å². The molecule has 1 heterocycles. The Hall–Kier alpha value is -1.35. The standard InChI is InChI=1S/C19H30N2O/c1-5-6-7-10-21-11-8-9-17(21)19(22)20-18-15(3)12-14(2)13-16(18)4/h12-13,17H,5-11H2,1-4H3,(H,20,22)/t17-/m0/s1. The Morgan fingerprint density at radius 3 is 2.55 bits per heavy atom. The number of aryl methyl sites for hydroxylation is 3. The number of amides is 1. The van der Waals surface area contributed by atoms with E-state index in [1.807, 2.05) is 0 Å². The average molecular weight is 302 g/mol. The summed E-state index contributed by atoms with van der Waals surface area (Å²) < 4.78 is 0. The van der Waals surface area contributed by atoms with E-state index in [1.54, 1.807) is 0 Å². The second kappa shape index (κ2) is 7.77. The van der Waals surface area contributed by atoms with Gasteiger partial charge in [0, 0.05) is 5.69 Å². The third kappa shape index (κ3) is 4.10. The van der Waals surface area contributed by atoms with Gasteiger partial charge in [-0.3, -0.25) is 9.69 Å². The average Bonchev–Trinajstić information content (AvgIpc) is 2.91. The largest absolute Gasteiger partial charge is 0.324 e. The van der Waals surface area contributed by atoms with Crippen LogP contribution >= 0.6 is 0 Å². The molecule has 1 saturated heterocycles. The molecule has 3 heteroatoms. The number of carbonyl (C=O) groups is 1. The first-order valence-electron chi connectivity index (χ1n) is 8.65. The van der Waals surface area contributed by atoms with Crippen LogP contribution in [0.2, 0.25) is 0 Å². The van der Waals surface area contributed by atoms with Crippen molar-refractivity contribution in [2.45, 2.75) is 65.8 Å². The minimum atomic E-state index is 0.0527. The maximum absolute atomic E-state index is 12.7. The molecule has 1 aromatic rings. The van der Waals surface area contributed by atoms with Crippen LogP contribution in [-0.2, 0) is 4.79 Å². The molecule has 22 heavy (non-hydrogen) atoms. The van der Waals surface area contributed by atoms with Crippen molar-refractivity contribution in [3.05, 3.63) is 28.8 Å². The summed E-state index contributed by atoms with van der Waals surface area (Å²) in [5.74, 6) is 0.170. The Morgan fingerprint density at radius 2 is 1.91 bits per heavy atom. The Morgan fingerprint density at radius 1 is 1.23 bits per heavy atom. The highest BCUT2D eigenvalue weighted by Gasteiger charge is 2.30. The lowest BCUT2D eigenvalue weighted by molar-refractivity contribution is -0.120. The quantitative estimate of drug-likeness (QED) is 0.799. The summed E-state index contributed by atoms with van der Waals surface area (Å²) in [7, 11) is 0. The fraction of sp³-hybridized carbons (Fsp3) is 0.632. The predicted octanol–water partition coefficient (Wildman–Crippen LogP) is 4.20. The van der Waals surface area contributed by atoms with Gasteiger partial charge in [-0.1, -0.05) is 37.5 Å². The topological polar surface area (TPSA) is 32.3 Å². The summed E-state index contributed by atoms with van der Waals surface area (Å²) >= 11 is 0. The Bertz CT molecular complexity index is 501. The predicted molar refractivity (Wildman–Crippen MR) is 93.4 cm³/mol. The van der Waals surface area contributed by atoms with Crippen LogP contribution in [0.1, 0.15) is 55.7 Å².